The van der Waals surface area contributed by atoms with Crippen LogP contribution >= 0.6 is 0 Å². The van der Waals surface area contributed by atoms with Crippen molar-refractivity contribution in [1.82, 2.24) is 4.98 Å². The van der Waals surface area contributed by atoms with Gasteiger partial charge < -0.3 is 10.0 Å². The highest BCUT2D eigenvalue weighted by Crippen LogP contribution is 2.30. The lowest BCUT2D eigenvalue weighted by Gasteiger charge is -2.29. The lowest BCUT2D eigenvalue weighted by Crippen LogP contribution is -2.39. The molecule has 0 bridgehead atoms. The molecule has 0 aromatic carbocycles. The van der Waals surface area contributed by atoms with Crippen LogP contribution in [0.3, 0.4) is 0 Å². The van der Waals surface area contributed by atoms with Gasteiger partial charge in [-0.3, -0.25) is 0 Å². The highest BCUT2D eigenvalue weighted by molar-refractivity contribution is 5.37. The van der Waals surface area contributed by atoms with Gasteiger partial charge in [-0.2, -0.15) is 0 Å². The molecule has 16 heavy (non-hydrogen) atoms. The highest BCUT2D eigenvalue weighted by atomic mass is 19.1. The lowest BCUT2D eigenvalue weighted by atomic mass is 10.0. The molecule has 1 aromatic heterocycles. The van der Waals surface area contributed by atoms with Gasteiger partial charge in [-0.25, -0.2) is 9.37 Å². The van der Waals surface area contributed by atoms with Gasteiger partial charge >= 0.3 is 0 Å². The van der Waals surface area contributed by atoms with Crippen LogP contribution in [0, 0.1) is 5.82 Å². The quantitative estimate of drug-likeness (QED) is 0.852. The second kappa shape index (κ2) is 4.37. The zero-order chi connectivity index (χ0) is 11.6. The average Bonchev–Trinajstić information content (AvgIpc) is 2.65. The number of nitrogens with zero attached hydrogens (tertiary/aromatic N) is 2. The Morgan fingerprint density at radius 2 is 2.12 bits per heavy atom. The Labute approximate surface area is 94.9 Å². The predicted octanol–water partition coefficient (Wildman–Crippen LogP) is 1.96. The second-order valence-electron chi connectivity index (χ2n) is 4.62. The van der Waals surface area contributed by atoms with E-state index in [9.17, 15) is 9.50 Å². The summed E-state index contributed by atoms with van der Waals surface area (Å²) in [5, 5.41) is 10.2. The summed E-state index contributed by atoms with van der Waals surface area (Å²) in [5.41, 5.74) is -0.592. The summed E-state index contributed by atoms with van der Waals surface area (Å²) in [6.45, 7) is 0.561. The third-order valence-corrected chi connectivity index (χ3v) is 3.17. The van der Waals surface area contributed by atoms with Crippen molar-refractivity contribution in [1.29, 1.82) is 0 Å². The fourth-order valence-electron chi connectivity index (χ4n) is 2.31. The predicted molar refractivity (Wildman–Crippen MR) is 60.9 cm³/mol. The molecule has 1 aliphatic carbocycles. The molecule has 0 saturated heterocycles. The van der Waals surface area contributed by atoms with Crippen molar-refractivity contribution >= 4 is 5.82 Å². The van der Waals surface area contributed by atoms with Crippen LogP contribution in [0.15, 0.2) is 18.3 Å². The van der Waals surface area contributed by atoms with Gasteiger partial charge in [0.2, 0.25) is 0 Å². The van der Waals surface area contributed by atoms with Crippen molar-refractivity contribution in [3.8, 4) is 0 Å². The standard InChI is InChI=1S/C12H17FN2O/c1-15(9-12(16)6-2-3-7-12)11-5-4-10(13)8-14-11/h4-5,8,16H,2-3,6-7,9H2,1H3. The van der Waals surface area contributed by atoms with Crippen LogP contribution in [0.25, 0.3) is 0 Å². The van der Waals surface area contributed by atoms with E-state index in [1.165, 1.54) is 12.3 Å². The summed E-state index contributed by atoms with van der Waals surface area (Å²) in [4.78, 5) is 5.87. The number of hydrogen-bond acceptors (Lipinski definition) is 3. The van der Waals surface area contributed by atoms with Crippen molar-refractivity contribution < 1.29 is 9.50 Å². The first-order valence-corrected chi connectivity index (χ1v) is 5.64. The topological polar surface area (TPSA) is 36.4 Å². The van der Waals surface area contributed by atoms with Gasteiger partial charge in [-0.05, 0) is 25.0 Å². The van der Waals surface area contributed by atoms with Crippen molar-refractivity contribution in [2.24, 2.45) is 0 Å². The van der Waals surface area contributed by atoms with Gasteiger partial charge in [0.05, 0.1) is 11.8 Å². The minimum absolute atomic E-state index is 0.336. The Bertz CT molecular complexity index is 347. The zero-order valence-corrected chi connectivity index (χ0v) is 9.49. The fraction of sp³-hybridized carbons (Fsp3) is 0.583. The van der Waals surface area contributed by atoms with Crippen LogP contribution in [0.2, 0.25) is 0 Å². The number of anilines is 1. The van der Waals surface area contributed by atoms with Gasteiger partial charge in [0.25, 0.3) is 0 Å². The maximum absolute atomic E-state index is 12.7. The van der Waals surface area contributed by atoms with E-state index < -0.39 is 5.60 Å². The number of hydrogen-bond donors (Lipinski definition) is 1. The van der Waals surface area contributed by atoms with Gasteiger partial charge in [0.1, 0.15) is 11.6 Å². The Balaban J connectivity index is 2.02. The van der Waals surface area contributed by atoms with E-state index >= 15 is 0 Å². The van der Waals surface area contributed by atoms with E-state index in [1.807, 2.05) is 11.9 Å². The van der Waals surface area contributed by atoms with E-state index in [4.69, 9.17) is 0 Å². The van der Waals surface area contributed by atoms with Crippen LogP contribution in [-0.4, -0.2) is 29.3 Å². The third kappa shape index (κ3) is 2.50. The first-order valence-electron chi connectivity index (χ1n) is 5.64. The molecule has 0 radical (unpaired) electrons. The molecule has 1 saturated carbocycles. The molecular weight excluding hydrogens is 207 g/mol. The van der Waals surface area contributed by atoms with Gasteiger partial charge in [-0.1, -0.05) is 12.8 Å². The van der Waals surface area contributed by atoms with E-state index in [0.717, 1.165) is 25.7 Å². The summed E-state index contributed by atoms with van der Waals surface area (Å²) in [7, 11) is 1.87. The molecular formula is C12H17FN2O. The molecule has 0 aliphatic heterocycles. The van der Waals surface area contributed by atoms with E-state index in [-0.39, 0.29) is 5.82 Å². The molecule has 0 spiro atoms. The molecule has 0 amide bonds. The van der Waals surface area contributed by atoms with Crippen molar-refractivity contribution in [3.05, 3.63) is 24.1 Å². The molecule has 2 rings (SSSR count). The Kier molecular flexibility index (Phi) is 3.10. The molecule has 1 heterocycles. The van der Waals surface area contributed by atoms with Gasteiger partial charge in [-0.15, -0.1) is 0 Å². The SMILES string of the molecule is CN(CC1(O)CCCC1)c1ccc(F)cn1. The molecule has 1 aliphatic rings. The smallest absolute Gasteiger partial charge is 0.141 e. The largest absolute Gasteiger partial charge is 0.388 e. The Hall–Kier alpha value is -1.16. The van der Waals surface area contributed by atoms with Crippen LogP contribution < -0.4 is 4.90 Å². The molecule has 1 N–H and O–H groups in total. The summed E-state index contributed by atoms with van der Waals surface area (Å²) in [5.74, 6) is 0.360. The minimum Gasteiger partial charge on any atom is -0.388 e. The zero-order valence-electron chi connectivity index (χ0n) is 9.49. The van der Waals surface area contributed by atoms with Crippen molar-refractivity contribution in [2.75, 3.05) is 18.5 Å². The van der Waals surface area contributed by atoms with E-state index in [2.05, 4.69) is 4.98 Å². The number of halogens is 1. The monoisotopic (exact) mass is 224 g/mol. The maximum atomic E-state index is 12.7. The number of rotatable bonds is 3. The number of likely N-dealkylation sites (N-methyl/N-ethyl adjacent to an activating group) is 1. The van der Waals surface area contributed by atoms with Crippen LogP contribution in [0.1, 0.15) is 25.7 Å². The van der Waals surface area contributed by atoms with Crippen LogP contribution in [0.5, 0.6) is 0 Å². The Morgan fingerprint density at radius 1 is 1.44 bits per heavy atom. The molecule has 4 heteroatoms. The molecule has 0 atom stereocenters. The summed E-state index contributed by atoms with van der Waals surface area (Å²) in [6, 6.07) is 3.02. The van der Waals surface area contributed by atoms with Gasteiger partial charge in [0, 0.05) is 13.6 Å². The summed E-state index contributed by atoms with van der Waals surface area (Å²) in [6.07, 6.45) is 5.06. The number of aliphatic hydroxyl groups is 1. The number of pyridine rings is 1. The molecule has 3 nitrogen and oxygen atoms in total. The van der Waals surface area contributed by atoms with Gasteiger partial charge in [0.15, 0.2) is 0 Å². The Morgan fingerprint density at radius 3 is 2.69 bits per heavy atom. The average molecular weight is 224 g/mol. The first kappa shape index (κ1) is 11.3. The molecule has 0 unspecified atom stereocenters. The normalized spacial score (nSPS) is 18.7. The molecule has 1 aromatic rings. The number of aromatic nitrogens is 1. The molecule has 1 fully saturated rings. The van der Waals surface area contributed by atoms with Crippen LogP contribution in [0.4, 0.5) is 10.2 Å². The maximum Gasteiger partial charge on any atom is 0.141 e. The first-order chi connectivity index (χ1) is 7.59. The van der Waals surface area contributed by atoms with Crippen LogP contribution in [-0.2, 0) is 0 Å². The summed E-state index contributed by atoms with van der Waals surface area (Å²) >= 11 is 0. The lowest BCUT2D eigenvalue weighted by molar-refractivity contribution is 0.0558. The fourth-order valence-corrected chi connectivity index (χ4v) is 2.31. The summed E-state index contributed by atoms with van der Waals surface area (Å²) < 4.78 is 12.7. The van der Waals surface area contributed by atoms with E-state index in [1.54, 1.807) is 6.07 Å². The molecule has 88 valence electrons. The van der Waals surface area contributed by atoms with E-state index in [0.29, 0.717) is 12.4 Å². The minimum atomic E-state index is -0.592. The highest BCUT2D eigenvalue weighted by Gasteiger charge is 2.32. The van der Waals surface area contributed by atoms with Crippen molar-refractivity contribution in [3.63, 3.8) is 0 Å². The van der Waals surface area contributed by atoms with Crippen molar-refractivity contribution in [2.45, 2.75) is 31.3 Å². The third-order valence-electron chi connectivity index (χ3n) is 3.17. The second-order valence-corrected chi connectivity index (χ2v) is 4.62.